The Hall–Kier alpha value is -2.21. The lowest BCUT2D eigenvalue weighted by molar-refractivity contribution is -0.136. The number of benzene rings is 1. The molecule has 0 aliphatic rings. The van der Waals surface area contributed by atoms with Crippen LogP contribution in [0.1, 0.15) is 17.0 Å². The lowest BCUT2D eigenvalue weighted by Crippen LogP contribution is -2.27. The largest absolute Gasteiger partial charge is 0.481 e. The number of aryl methyl sites for hydroxylation is 1. The van der Waals surface area contributed by atoms with Gasteiger partial charge in [-0.05, 0) is 32.0 Å². The zero-order chi connectivity index (χ0) is 15.7. The minimum absolute atomic E-state index is 0.136. The normalized spacial score (nSPS) is 10.7. The molecule has 5 nitrogen and oxygen atoms in total. The fourth-order valence-corrected chi connectivity index (χ4v) is 2.40. The molecule has 2 aromatic rings. The molecule has 21 heavy (non-hydrogen) atoms. The van der Waals surface area contributed by atoms with E-state index in [1.807, 2.05) is 0 Å². The highest BCUT2D eigenvalue weighted by Gasteiger charge is 2.16. The van der Waals surface area contributed by atoms with Crippen molar-refractivity contribution in [2.75, 3.05) is 0 Å². The number of halogens is 2. The number of rotatable bonds is 3. The van der Waals surface area contributed by atoms with E-state index in [4.69, 9.17) is 16.7 Å². The third-order valence-electron chi connectivity index (χ3n) is 3.10. The number of aromatic nitrogens is 2. The molecule has 0 spiro atoms. The van der Waals surface area contributed by atoms with Crippen LogP contribution >= 0.6 is 11.6 Å². The third-order valence-corrected chi connectivity index (χ3v) is 3.32. The first-order chi connectivity index (χ1) is 9.79. The van der Waals surface area contributed by atoms with E-state index in [0.717, 1.165) is 16.7 Å². The summed E-state index contributed by atoms with van der Waals surface area (Å²) in [6.07, 6.45) is -0.270. The van der Waals surface area contributed by atoms with Crippen molar-refractivity contribution in [2.45, 2.75) is 20.3 Å². The van der Waals surface area contributed by atoms with E-state index < -0.39 is 17.5 Å². The molecule has 1 aromatic carbocycles. The molecule has 1 aromatic heterocycles. The molecule has 0 aliphatic heterocycles. The fraction of sp³-hybridized carbons (Fsp3) is 0.214. The number of carboxylic acids is 1. The van der Waals surface area contributed by atoms with Crippen molar-refractivity contribution in [3.05, 3.63) is 56.5 Å². The third kappa shape index (κ3) is 3.11. The Labute approximate surface area is 124 Å². The molecule has 110 valence electrons. The molecule has 0 unspecified atom stereocenters. The first-order valence-corrected chi connectivity index (χ1v) is 6.44. The van der Waals surface area contributed by atoms with E-state index in [9.17, 15) is 14.0 Å². The zero-order valence-electron chi connectivity index (χ0n) is 11.4. The maximum Gasteiger partial charge on any atom is 0.352 e. The monoisotopic (exact) mass is 310 g/mol. The predicted octanol–water partition coefficient (Wildman–Crippen LogP) is 2.27. The Bertz CT molecular complexity index is 766. The summed E-state index contributed by atoms with van der Waals surface area (Å²) < 4.78 is 14.6. The number of hydrogen-bond acceptors (Lipinski definition) is 3. The number of aliphatic carboxylic acids is 1. The van der Waals surface area contributed by atoms with Crippen molar-refractivity contribution in [1.29, 1.82) is 0 Å². The number of hydrogen-bond donors (Lipinski definition) is 1. The molecular formula is C14H12ClFN2O3. The van der Waals surface area contributed by atoms with Gasteiger partial charge in [0.15, 0.2) is 0 Å². The van der Waals surface area contributed by atoms with Crippen LogP contribution in [-0.2, 0) is 11.2 Å². The summed E-state index contributed by atoms with van der Waals surface area (Å²) in [5, 5.41) is 9.07. The molecule has 0 fully saturated rings. The summed E-state index contributed by atoms with van der Waals surface area (Å²) in [7, 11) is 0. The van der Waals surface area contributed by atoms with Gasteiger partial charge in [-0.2, -0.15) is 4.98 Å². The molecule has 0 amide bonds. The lowest BCUT2D eigenvalue weighted by atomic mass is 10.1. The van der Waals surface area contributed by atoms with Gasteiger partial charge in [-0.15, -0.1) is 0 Å². The fourth-order valence-electron chi connectivity index (χ4n) is 2.18. The van der Waals surface area contributed by atoms with Crippen LogP contribution in [0.5, 0.6) is 0 Å². The lowest BCUT2D eigenvalue weighted by Gasteiger charge is -2.14. The van der Waals surface area contributed by atoms with Crippen LogP contribution in [0.15, 0.2) is 23.0 Å². The Kier molecular flexibility index (Phi) is 4.09. The van der Waals surface area contributed by atoms with E-state index in [2.05, 4.69) is 4.98 Å². The van der Waals surface area contributed by atoms with Crippen molar-refractivity contribution >= 4 is 17.6 Å². The van der Waals surface area contributed by atoms with Crippen molar-refractivity contribution < 1.29 is 14.3 Å². The summed E-state index contributed by atoms with van der Waals surface area (Å²) in [5.74, 6) is -1.63. The predicted molar refractivity (Wildman–Crippen MR) is 75.6 cm³/mol. The zero-order valence-corrected chi connectivity index (χ0v) is 12.1. The Morgan fingerprint density at radius 2 is 2.05 bits per heavy atom. The average molecular weight is 311 g/mol. The minimum atomic E-state index is -1.04. The average Bonchev–Trinajstić information content (AvgIpc) is 2.32. The van der Waals surface area contributed by atoms with E-state index in [1.54, 1.807) is 13.8 Å². The van der Waals surface area contributed by atoms with Gasteiger partial charge in [-0.25, -0.2) is 9.18 Å². The van der Waals surface area contributed by atoms with Crippen molar-refractivity contribution in [3.8, 4) is 5.69 Å². The second kappa shape index (κ2) is 5.65. The SMILES string of the molecule is Cc1nc(=O)n(-c2cc(F)cc(Cl)c2)c(C)c1CC(=O)O. The van der Waals surface area contributed by atoms with Gasteiger partial charge in [0.2, 0.25) is 0 Å². The van der Waals surface area contributed by atoms with E-state index in [1.165, 1.54) is 6.07 Å². The van der Waals surface area contributed by atoms with Gasteiger partial charge in [-0.3, -0.25) is 9.36 Å². The molecule has 1 N–H and O–H groups in total. The first kappa shape index (κ1) is 15.2. The second-order valence-electron chi connectivity index (χ2n) is 4.58. The van der Waals surface area contributed by atoms with Crippen LogP contribution < -0.4 is 5.69 Å². The van der Waals surface area contributed by atoms with Gasteiger partial charge in [0.1, 0.15) is 5.82 Å². The van der Waals surface area contributed by atoms with E-state index in [-0.39, 0.29) is 17.1 Å². The number of nitrogens with zero attached hydrogens (tertiary/aromatic N) is 2. The smallest absolute Gasteiger partial charge is 0.352 e. The summed E-state index contributed by atoms with van der Waals surface area (Å²) in [6, 6.07) is 3.67. The van der Waals surface area contributed by atoms with Gasteiger partial charge in [0.25, 0.3) is 0 Å². The maximum absolute atomic E-state index is 13.5. The molecule has 0 radical (unpaired) electrons. The van der Waals surface area contributed by atoms with Crippen molar-refractivity contribution in [3.63, 3.8) is 0 Å². The highest BCUT2D eigenvalue weighted by atomic mass is 35.5. The van der Waals surface area contributed by atoms with Gasteiger partial charge < -0.3 is 5.11 Å². The quantitative estimate of drug-likeness (QED) is 0.944. The van der Waals surface area contributed by atoms with Gasteiger partial charge in [-0.1, -0.05) is 11.6 Å². The van der Waals surface area contributed by atoms with Gasteiger partial charge in [0, 0.05) is 22.0 Å². The minimum Gasteiger partial charge on any atom is -0.481 e. The van der Waals surface area contributed by atoms with Crippen LogP contribution in [0.25, 0.3) is 5.69 Å². The van der Waals surface area contributed by atoms with Crippen LogP contribution in [-0.4, -0.2) is 20.6 Å². The second-order valence-corrected chi connectivity index (χ2v) is 5.01. The first-order valence-electron chi connectivity index (χ1n) is 6.07. The molecule has 0 aliphatic carbocycles. The maximum atomic E-state index is 13.5. The molecular weight excluding hydrogens is 299 g/mol. The topological polar surface area (TPSA) is 72.2 Å². The van der Waals surface area contributed by atoms with E-state index >= 15 is 0 Å². The summed E-state index contributed by atoms with van der Waals surface area (Å²) >= 11 is 5.79. The van der Waals surface area contributed by atoms with Crippen LogP contribution in [0.2, 0.25) is 5.02 Å². The Morgan fingerprint density at radius 1 is 1.38 bits per heavy atom. The highest BCUT2D eigenvalue weighted by molar-refractivity contribution is 6.30. The molecule has 0 bridgehead atoms. The molecule has 0 saturated carbocycles. The summed E-state index contributed by atoms with van der Waals surface area (Å²) in [5.41, 5.74) is 0.764. The standard InChI is InChI=1S/C14H12ClFN2O3/c1-7-12(6-13(19)20)8(2)18(14(21)17-7)11-4-9(15)3-10(16)5-11/h3-5H,6H2,1-2H3,(H,19,20). The van der Waals surface area contributed by atoms with Crippen LogP contribution in [0, 0.1) is 19.7 Å². The Balaban J connectivity index is 2.74. The molecule has 2 rings (SSSR count). The summed E-state index contributed by atoms with van der Waals surface area (Å²) in [6.45, 7) is 3.16. The number of carboxylic acid groups (broad SMARTS) is 1. The number of carbonyl (C=O) groups is 1. The molecule has 7 heteroatoms. The van der Waals surface area contributed by atoms with Gasteiger partial charge >= 0.3 is 11.7 Å². The molecule has 1 heterocycles. The van der Waals surface area contributed by atoms with Gasteiger partial charge in [0.05, 0.1) is 12.1 Å². The van der Waals surface area contributed by atoms with Crippen molar-refractivity contribution in [1.82, 2.24) is 9.55 Å². The molecule has 0 atom stereocenters. The van der Waals surface area contributed by atoms with Crippen LogP contribution in [0.4, 0.5) is 4.39 Å². The van der Waals surface area contributed by atoms with Crippen LogP contribution in [0.3, 0.4) is 0 Å². The highest BCUT2D eigenvalue weighted by Crippen LogP contribution is 2.19. The molecule has 0 saturated heterocycles. The van der Waals surface area contributed by atoms with Crippen molar-refractivity contribution in [2.24, 2.45) is 0 Å². The summed E-state index contributed by atoms with van der Waals surface area (Å²) in [4.78, 5) is 26.8. The Morgan fingerprint density at radius 3 is 2.62 bits per heavy atom. The van der Waals surface area contributed by atoms with E-state index in [0.29, 0.717) is 17.0 Å².